The van der Waals surface area contributed by atoms with Crippen molar-refractivity contribution >= 4 is 38.4 Å². The van der Waals surface area contributed by atoms with E-state index in [2.05, 4.69) is 10.0 Å². The van der Waals surface area contributed by atoms with Gasteiger partial charge in [0.25, 0.3) is 15.7 Å². The van der Waals surface area contributed by atoms with Crippen molar-refractivity contribution in [3.63, 3.8) is 0 Å². The summed E-state index contributed by atoms with van der Waals surface area (Å²) in [6, 6.07) is 13.2. The number of rotatable bonds is 9. The van der Waals surface area contributed by atoms with E-state index in [1.807, 2.05) is 49.5 Å². The number of thiophene rings is 1. The number of anilines is 2. The number of sulfonamides is 1. The number of likely N-dealkylation sites (N-methyl/N-ethyl adjacent to an activating group) is 1. The number of nitrogens with zero attached hydrogens (tertiary/aromatic N) is 2. The minimum Gasteiger partial charge on any atom is -0.378 e. The zero-order chi connectivity index (χ0) is 23.5. The lowest BCUT2D eigenvalue weighted by atomic mass is 10.1. The number of nitrogens with one attached hydrogen (secondary N) is 2. The number of nitro benzene ring substituents is 1. The normalized spacial score (nSPS) is 12.5. The minimum atomic E-state index is -3.99. The topological polar surface area (TPSA) is 105 Å². The molecule has 10 heteroatoms. The molecule has 1 aromatic heterocycles. The Labute approximate surface area is 192 Å². The van der Waals surface area contributed by atoms with Gasteiger partial charge in [0.1, 0.15) is 5.69 Å². The Morgan fingerprint density at radius 1 is 1.09 bits per heavy atom. The average Bonchev–Trinajstić information content (AvgIpc) is 3.24. The zero-order valence-electron chi connectivity index (χ0n) is 18.3. The molecule has 0 spiro atoms. The monoisotopic (exact) mass is 474 g/mol. The van der Waals surface area contributed by atoms with E-state index in [0.717, 1.165) is 22.1 Å². The molecular formula is C22H26N4O4S2. The van der Waals surface area contributed by atoms with E-state index < -0.39 is 14.9 Å². The molecule has 0 amide bonds. The molecule has 32 heavy (non-hydrogen) atoms. The van der Waals surface area contributed by atoms with Gasteiger partial charge in [0.05, 0.1) is 21.5 Å². The molecule has 3 rings (SSSR count). The quantitative estimate of drug-likeness (QED) is 0.341. The highest BCUT2D eigenvalue weighted by Crippen LogP contribution is 2.31. The maximum Gasteiger partial charge on any atom is 0.293 e. The van der Waals surface area contributed by atoms with Crippen LogP contribution in [0, 0.1) is 24.0 Å². The molecule has 0 aliphatic carbocycles. The molecule has 1 heterocycles. The van der Waals surface area contributed by atoms with Gasteiger partial charge in [0, 0.05) is 17.5 Å². The molecule has 0 saturated heterocycles. The number of aryl methyl sites for hydroxylation is 2. The highest BCUT2D eigenvalue weighted by atomic mass is 32.2. The highest BCUT2D eigenvalue weighted by Gasteiger charge is 2.23. The van der Waals surface area contributed by atoms with E-state index in [4.69, 9.17) is 0 Å². The summed E-state index contributed by atoms with van der Waals surface area (Å²) in [4.78, 5) is 14.1. The third-order valence-corrected chi connectivity index (χ3v) is 7.42. The largest absolute Gasteiger partial charge is 0.378 e. The van der Waals surface area contributed by atoms with E-state index in [-0.39, 0.29) is 22.3 Å². The van der Waals surface area contributed by atoms with Crippen LogP contribution in [0.4, 0.5) is 17.1 Å². The van der Waals surface area contributed by atoms with Crippen LogP contribution in [0.5, 0.6) is 0 Å². The number of benzene rings is 2. The maximum atomic E-state index is 12.9. The van der Waals surface area contributed by atoms with Crippen LogP contribution < -0.4 is 10.0 Å². The lowest BCUT2D eigenvalue weighted by Crippen LogP contribution is -2.26. The van der Waals surface area contributed by atoms with Gasteiger partial charge >= 0.3 is 0 Å². The van der Waals surface area contributed by atoms with Gasteiger partial charge in [-0.25, -0.2) is 8.42 Å². The van der Waals surface area contributed by atoms with Crippen LogP contribution in [0.3, 0.4) is 0 Å². The molecule has 0 radical (unpaired) electrons. The van der Waals surface area contributed by atoms with Crippen LogP contribution in [-0.2, 0) is 10.0 Å². The molecule has 0 aliphatic rings. The summed E-state index contributed by atoms with van der Waals surface area (Å²) in [5.41, 5.74) is 2.19. The molecule has 0 saturated carbocycles. The van der Waals surface area contributed by atoms with Gasteiger partial charge < -0.3 is 10.2 Å². The van der Waals surface area contributed by atoms with Gasteiger partial charge in [-0.1, -0.05) is 23.8 Å². The van der Waals surface area contributed by atoms with Gasteiger partial charge in [-0.15, -0.1) is 11.3 Å². The highest BCUT2D eigenvalue weighted by molar-refractivity contribution is 7.92. The van der Waals surface area contributed by atoms with Crippen molar-refractivity contribution in [3.05, 3.63) is 80.0 Å². The zero-order valence-corrected chi connectivity index (χ0v) is 20.0. The van der Waals surface area contributed by atoms with Crippen LogP contribution in [0.15, 0.2) is 58.8 Å². The molecular weight excluding hydrogens is 448 g/mol. The van der Waals surface area contributed by atoms with E-state index in [0.29, 0.717) is 12.2 Å². The van der Waals surface area contributed by atoms with E-state index >= 15 is 0 Å². The second-order valence-electron chi connectivity index (χ2n) is 7.74. The molecule has 0 bridgehead atoms. The van der Waals surface area contributed by atoms with E-state index in [1.165, 1.54) is 12.1 Å². The summed E-state index contributed by atoms with van der Waals surface area (Å²) in [5, 5.41) is 16.8. The fourth-order valence-electron chi connectivity index (χ4n) is 3.34. The van der Waals surface area contributed by atoms with Crippen molar-refractivity contribution in [1.29, 1.82) is 0 Å². The molecule has 3 aromatic rings. The number of hydrogen-bond donors (Lipinski definition) is 2. The summed E-state index contributed by atoms with van der Waals surface area (Å²) in [6.07, 6.45) is 0. The van der Waals surface area contributed by atoms with E-state index in [9.17, 15) is 18.5 Å². The first-order valence-electron chi connectivity index (χ1n) is 9.90. The van der Waals surface area contributed by atoms with Crippen LogP contribution in [0.2, 0.25) is 0 Å². The average molecular weight is 475 g/mol. The third kappa shape index (κ3) is 5.45. The Balaban J connectivity index is 1.86. The van der Waals surface area contributed by atoms with Crippen LogP contribution in [0.1, 0.15) is 22.0 Å². The van der Waals surface area contributed by atoms with Crippen molar-refractivity contribution < 1.29 is 13.3 Å². The van der Waals surface area contributed by atoms with Crippen LogP contribution in [0.25, 0.3) is 0 Å². The third-order valence-electron chi connectivity index (χ3n) is 5.08. The Morgan fingerprint density at radius 2 is 1.81 bits per heavy atom. The second-order valence-corrected chi connectivity index (χ2v) is 10.4. The lowest BCUT2D eigenvalue weighted by Gasteiger charge is -2.24. The summed E-state index contributed by atoms with van der Waals surface area (Å²) in [6.45, 7) is 4.15. The van der Waals surface area contributed by atoms with Gasteiger partial charge in [0.15, 0.2) is 0 Å². The number of nitro groups is 1. The Hall–Kier alpha value is -2.95. The predicted molar refractivity (Wildman–Crippen MR) is 129 cm³/mol. The summed E-state index contributed by atoms with van der Waals surface area (Å²) in [5.74, 6) is 0. The van der Waals surface area contributed by atoms with Crippen molar-refractivity contribution in [1.82, 2.24) is 4.90 Å². The molecule has 1 atom stereocenters. The minimum absolute atomic E-state index is 0.0178. The van der Waals surface area contributed by atoms with Crippen molar-refractivity contribution in [2.75, 3.05) is 30.7 Å². The molecule has 8 nitrogen and oxygen atoms in total. The van der Waals surface area contributed by atoms with Gasteiger partial charge in [0.2, 0.25) is 0 Å². The summed E-state index contributed by atoms with van der Waals surface area (Å²) < 4.78 is 28.3. The molecule has 170 valence electrons. The Morgan fingerprint density at radius 3 is 2.41 bits per heavy atom. The van der Waals surface area contributed by atoms with Crippen molar-refractivity contribution in [2.24, 2.45) is 0 Å². The summed E-state index contributed by atoms with van der Waals surface area (Å²) in [7, 11) is -0.112. The first-order chi connectivity index (χ1) is 15.1. The fraction of sp³-hybridized carbons (Fsp3) is 0.273. The molecule has 2 N–H and O–H groups in total. The maximum absolute atomic E-state index is 12.9. The van der Waals surface area contributed by atoms with Crippen LogP contribution >= 0.6 is 11.3 Å². The first kappa shape index (κ1) is 23.7. The SMILES string of the molecule is Cc1ccc(NS(=O)(=O)c2ccc(NCC(c3cccs3)N(C)C)c([N+](=O)[O-])c2)c(C)c1. The standard InChI is InChI=1S/C22H26N4O4S2/c1-15-7-9-18(16(2)12-15)24-32(29,30)17-8-10-19(20(13-17)26(27)28)23-14-21(25(3)4)22-6-5-11-31-22/h5-13,21,23-24H,14H2,1-4H3. The second kappa shape index (κ2) is 9.68. The Bertz CT molecular complexity index is 1210. The van der Waals surface area contributed by atoms with Crippen LogP contribution in [-0.4, -0.2) is 38.9 Å². The fourth-order valence-corrected chi connectivity index (χ4v) is 5.41. The van der Waals surface area contributed by atoms with Gasteiger partial charge in [-0.2, -0.15) is 0 Å². The Kier molecular flexibility index (Phi) is 7.17. The lowest BCUT2D eigenvalue weighted by molar-refractivity contribution is -0.384. The first-order valence-corrected chi connectivity index (χ1v) is 12.3. The van der Waals surface area contributed by atoms with Crippen molar-refractivity contribution in [3.8, 4) is 0 Å². The van der Waals surface area contributed by atoms with Gasteiger partial charge in [-0.05, 0) is 63.2 Å². The molecule has 1 unspecified atom stereocenters. The van der Waals surface area contributed by atoms with E-state index in [1.54, 1.807) is 30.4 Å². The molecule has 0 fully saturated rings. The predicted octanol–water partition coefficient (Wildman–Crippen LogP) is 4.79. The number of hydrogen-bond acceptors (Lipinski definition) is 7. The van der Waals surface area contributed by atoms with Gasteiger partial charge in [-0.3, -0.25) is 14.8 Å². The molecule has 0 aliphatic heterocycles. The molecule has 2 aromatic carbocycles. The van der Waals surface area contributed by atoms with Crippen molar-refractivity contribution in [2.45, 2.75) is 24.8 Å². The smallest absolute Gasteiger partial charge is 0.293 e. The summed E-state index contributed by atoms with van der Waals surface area (Å²) >= 11 is 1.61.